The van der Waals surface area contributed by atoms with Crippen molar-refractivity contribution in [1.82, 2.24) is 19.7 Å². The number of carbonyl (C=O) groups excluding carboxylic acids is 2. The summed E-state index contributed by atoms with van der Waals surface area (Å²) in [7, 11) is 0. The molecule has 0 aliphatic carbocycles. The number of aromatic nitrogens is 3. The molecule has 0 aromatic carbocycles. The molecule has 1 saturated heterocycles. The molecule has 0 spiro atoms. The zero-order chi connectivity index (χ0) is 24.4. The van der Waals surface area contributed by atoms with E-state index >= 15 is 4.39 Å². The number of hydrogen-bond acceptors (Lipinski definition) is 7. The minimum atomic E-state index is -1.68. The van der Waals surface area contributed by atoms with Gasteiger partial charge in [-0.25, -0.2) is 14.2 Å². The van der Waals surface area contributed by atoms with Crippen LogP contribution in [0.15, 0.2) is 24.5 Å². The van der Waals surface area contributed by atoms with Crippen LogP contribution in [0.1, 0.15) is 44.0 Å². The number of anilines is 2. The number of piperidine rings is 1. The molecule has 0 unspecified atom stereocenters. The Morgan fingerprint density at radius 3 is 2.70 bits per heavy atom. The molecule has 3 heterocycles. The van der Waals surface area contributed by atoms with Crippen LogP contribution < -0.4 is 11.1 Å². The molecule has 0 bridgehead atoms. The number of rotatable bonds is 5. The Hall–Kier alpha value is -3.75. The number of nitrogens with two attached hydrogens (primary N) is 1. The normalized spacial score (nSPS) is 20.7. The minimum Gasteiger partial charge on any atom is -0.444 e. The van der Waals surface area contributed by atoms with E-state index in [2.05, 4.69) is 15.4 Å². The molecule has 0 radical (unpaired) electrons. The second-order valence-electron chi connectivity index (χ2n) is 8.78. The fourth-order valence-electron chi connectivity index (χ4n) is 3.57. The highest BCUT2D eigenvalue weighted by Crippen LogP contribution is 2.37. The summed E-state index contributed by atoms with van der Waals surface area (Å²) < 4.78 is 35.2. The minimum absolute atomic E-state index is 0.00925. The maximum Gasteiger partial charge on any atom is 0.410 e. The Morgan fingerprint density at radius 2 is 2.15 bits per heavy atom. The van der Waals surface area contributed by atoms with Gasteiger partial charge < -0.3 is 20.7 Å². The fraction of sp³-hybridized carbons (Fsp3) is 0.476. The monoisotopic (exact) mass is 461 g/mol. The zero-order valence-corrected chi connectivity index (χ0v) is 18.5. The van der Waals surface area contributed by atoms with Crippen molar-refractivity contribution >= 4 is 23.5 Å². The molecule has 3 N–H and O–H groups in total. The van der Waals surface area contributed by atoms with E-state index in [4.69, 9.17) is 10.5 Å². The Kier molecular flexibility index (Phi) is 6.53. The summed E-state index contributed by atoms with van der Waals surface area (Å²) in [6.07, 6.45) is -0.0676. The number of hydrogen-bond donors (Lipinski definition) is 2. The number of nitrogens with zero attached hydrogens (tertiary/aromatic N) is 5. The average Bonchev–Trinajstić information content (AvgIpc) is 3.14. The van der Waals surface area contributed by atoms with Gasteiger partial charge >= 0.3 is 6.09 Å². The van der Waals surface area contributed by atoms with Gasteiger partial charge in [-0.3, -0.25) is 9.48 Å². The number of ether oxygens (including phenoxy) is 1. The number of nitriles is 1. The van der Waals surface area contributed by atoms with E-state index in [1.54, 1.807) is 20.8 Å². The van der Waals surface area contributed by atoms with Gasteiger partial charge in [0.2, 0.25) is 5.95 Å². The molecule has 1 aliphatic heterocycles. The van der Waals surface area contributed by atoms with Crippen molar-refractivity contribution in [3.05, 3.63) is 36.0 Å². The van der Waals surface area contributed by atoms with Crippen molar-refractivity contribution in [3.8, 4) is 6.07 Å². The molecule has 2 aromatic rings. The standard InChI is InChI=1S/C21H25F2N7O3/c1-20(2,3)33-19(32)29-9-7-21(6-8-24,15(22)12-29)30-11-14(17(25)31)18(28-30)27-13-4-5-16(23)26-10-13/h4-5,10-11,15H,6-7,9,12H2,1-3H3,(H2,25,31)(H,27,28)/t15-,21+/m0/s1. The van der Waals surface area contributed by atoms with Crippen LogP contribution in [0.4, 0.5) is 25.1 Å². The summed E-state index contributed by atoms with van der Waals surface area (Å²) in [5.41, 5.74) is 3.59. The van der Waals surface area contributed by atoms with Crippen LogP contribution >= 0.6 is 0 Å². The average molecular weight is 461 g/mol. The molecule has 2 amide bonds. The first kappa shape index (κ1) is 23.9. The first-order valence-corrected chi connectivity index (χ1v) is 10.2. The van der Waals surface area contributed by atoms with Crippen LogP contribution in [0.2, 0.25) is 0 Å². The molecule has 12 heteroatoms. The SMILES string of the molecule is CC(C)(C)OC(=O)N1CC[C@@](CC#N)(n2cc(C(N)=O)c(Nc3ccc(F)nc3)n2)[C@@H](F)C1. The van der Waals surface area contributed by atoms with E-state index in [9.17, 15) is 19.2 Å². The highest BCUT2D eigenvalue weighted by atomic mass is 19.1. The van der Waals surface area contributed by atoms with Gasteiger partial charge in [-0.05, 0) is 39.3 Å². The van der Waals surface area contributed by atoms with E-state index < -0.39 is 35.3 Å². The van der Waals surface area contributed by atoms with Crippen LogP contribution in [0.5, 0.6) is 0 Å². The van der Waals surface area contributed by atoms with Crippen molar-refractivity contribution in [1.29, 1.82) is 5.26 Å². The summed E-state index contributed by atoms with van der Waals surface area (Å²) in [6, 6.07) is 4.48. The van der Waals surface area contributed by atoms with E-state index in [-0.39, 0.29) is 37.3 Å². The topological polar surface area (TPSA) is 139 Å². The van der Waals surface area contributed by atoms with Crippen molar-refractivity contribution in [3.63, 3.8) is 0 Å². The largest absolute Gasteiger partial charge is 0.444 e. The predicted molar refractivity (Wildman–Crippen MR) is 114 cm³/mol. The molecular weight excluding hydrogens is 436 g/mol. The number of halogens is 2. The molecule has 1 fully saturated rings. The predicted octanol–water partition coefficient (Wildman–Crippen LogP) is 2.85. The van der Waals surface area contributed by atoms with Crippen LogP contribution in [0, 0.1) is 17.3 Å². The molecule has 176 valence electrons. The molecule has 33 heavy (non-hydrogen) atoms. The van der Waals surface area contributed by atoms with Crippen LogP contribution in [0.25, 0.3) is 0 Å². The molecule has 3 rings (SSSR count). The molecule has 2 atom stereocenters. The van der Waals surface area contributed by atoms with E-state index in [1.807, 2.05) is 6.07 Å². The van der Waals surface area contributed by atoms with Crippen molar-refractivity contribution < 1.29 is 23.1 Å². The van der Waals surface area contributed by atoms with Crippen molar-refractivity contribution in [2.75, 3.05) is 18.4 Å². The lowest BCUT2D eigenvalue weighted by Gasteiger charge is -2.43. The summed E-state index contributed by atoms with van der Waals surface area (Å²) >= 11 is 0. The maximum atomic E-state index is 15.6. The number of primary amides is 1. The van der Waals surface area contributed by atoms with Crippen LogP contribution in [0.3, 0.4) is 0 Å². The first-order valence-electron chi connectivity index (χ1n) is 10.2. The molecular formula is C21H25F2N7O3. The van der Waals surface area contributed by atoms with Gasteiger partial charge in [0.05, 0.1) is 30.9 Å². The van der Waals surface area contributed by atoms with Gasteiger partial charge in [0.15, 0.2) is 5.82 Å². The van der Waals surface area contributed by atoms with Gasteiger partial charge in [0.1, 0.15) is 22.9 Å². The molecule has 10 nitrogen and oxygen atoms in total. The van der Waals surface area contributed by atoms with E-state index in [1.165, 1.54) is 28.0 Å². The second-order valence-corrected chi connectivity index (χ2v) is 8.78. The third kappa shape index (κ3) is 5.19. The molecule has 0 saturated carbocycles. The van der Waals surface area contributed by atoms with Gasteiger partial charge in [-0.15, -0.1) is 0 Å². The molecule has 1 aliphatic rings. The van der Waals surface area contributed by atoms with Gasteiger partial charge in [-0.1, -0.05) is 0 Å². The highest BCUT2D eigenvalue weighted by Gasteiger charge is 2.48. The lowest BCUT2D eigenvalue weighted by atomic mass is 9.83. The summed E-state index contributed by atoms with van der Waals surface area (Å²) in [5.74, 6) is -1.51. The van der Waals surface area contributed by atoms with Gasteiger partial charge in [0.25, 0.3) is 5.91 Å². The van der Waals surface area contributed by atoms with Crippen molar-refractivity contribution in [2.24, 2.45) is 5.73 Å². The highest BCUT2D eigenvalue weighted by molar-refractivity contribution is 5.98. The summed E-state index contributed by atoms with van der Waals surface area (Å²) in [4.78, 5) is 29.2. The van der Waals surface area contributed by atoms with Crippen LogP contribution in [-0.2, 0) is 10.3 Å². The number of nitrogens with one attached hydrogen (secondary N) is 1. The number of likely N-dealkylation sites (tertiary alicyclic amines) is 1. The Labute approximate surface area is 189 Å². The number of alkyl halides is 1. The lowest BCUT2D eigenvalue weighted by Crippen LogP contribution is -2.56. The smallest absolute Gasteiger partial charge is 0.410 e. The molecule has 2 aromatic heterocycles. The number of amides is 2. The second kappa shape index (κ2) is 9.01. The number of pyridine rings is 1. The maximum absolute atomic E-state index is 15.6. The Morgan fingerprint density at radius 1 is 1.42 bits per heavy atom. The van der Waals surface area contributed by atoms with Gasteiger partial charge in [-0.2, -0.15) is 14.8 Å². The summed E-state index contributed by atoms with van der Waals surface area (Å²) in [5, 5.41) is 16.5. The van der Waals surface area contributed by atoms with E-state index in [0.29, 0.717) is 5.69 Å². The lowest BCUT2D eigenvalue weighted by molar-refractivity contribution is -0.0179. The first-order chi connectivity index (χ1) is 15.4. The van der Waals surface area contributed by atoms with Crippen LogP contribution in [-0.4, -0.2) is 56.5 Å². The van der Waals surface area contributed by atoms with E-state index in [0.717, 1.165) is 6.07 Å². The fourth-order valence-corrected chi connectivity index (χ4v) is 3.57. The quantitative estimate of drug-likeness (QED) is 0.653. The summed E-state index contributed by atoms with van der Waals surface area (Å²) in [6.45, 7) is 4.94. The third-order valence-corrected chi connectivity index (χ3v) is 5.24. The third-order valence-electron chi connectivity index (χ3n) is 5.24. The van der Waals surface area contributed by atoms with Gasteiger partial charge in [0, 0.05) is 12.7 Å². The number of carbonyl (C=O) groups is 2. The van der Waals surface area contributed by atoms with Crippen molar-refractivity contribution in [2.45, 2.75) is 50.9 Å². The Balaban J connectivity index is 1.91. The zero-order valence-electron chi connectivity index (χ0n) is 18.5. The Bertz CT molecular complexity index is 1080.